The molecule has 2 rings (SSSR count). The maximum Gasteiger partial charge on any atom is 0.0739 e. The molecule has 1 aliphatic rings. The lowest BCUT2D eigenvalue weighted by molar-refractivity contribution is 0.130. The Labute approximate surface area is 125 Å². The molecule has 1 aliphatic carbocycles. The molecule has 0 radical (unpaired) electrons. The van der Waals surface area contributed by atoms with Gasteiger partial charge in [0.2, 0.25) is 0 Å². The standard InChI is InChI=1S/C15H26BrN3/c1-5-19-14(15(16)12(3)17-19)10-18(4)13-9-7-6-8-11(13)2/h11,13H,5-10H2,1-4H3. The summed E-state index contributed by atoms with van der Waals surface area (Å²) in [6.07, 6.45) is 5.50. The van der Waals surface area contributed by atoms with Crippen LogP contribution in [-0.4, -0.2) is 27.8 Å². The molecule has 1 fully saturated rings. The molecule has 2 atom stereocenters. The van der Waals surface area contributed by atoms with Gasteiger partial charge in [-0.25, -0.2) is 0 Å². The Morgan fingerprint density at radius 2 is 2.05 bits per heavy atom. The Morgan fingerprint density at radius 3 is 2.68 bits per heavy atom. The van der Waals surface area contributed by atoms with Gasteiger partial charge in [-0.15, -0.1) is 0 Å². The predicted molar refractivity (Wildman–Crippen MR) is 83.2 cm³/mol. The topological polar surface area (TPSA) is 21.1 Å². The lowest BCUT2D eigenvalue weighted by Crippen LogP contribution is -2.38. The van der Waals surface area contributed by atoms with Crippen LogP contribution in [0.2, 0.25) is 0 Å². The zero-order valence-corrected chi connectivity index (χ0v) is 14.2. The molecule has 19 heavy (non-hydrogen) atoms. The van der Waals surface area contributed by atoms with Gasteiger partial charge in [0.25, 0.3) is 0 Å². The Kier molecular flexibility index (Phi) is 5.07. The van der Waals surface area contributed by atoms with Crippen molar-refractivity contribution in [2.75, 3.05) is 7.05 Å². The summed E-state index contributed by atoms with van der Waals surface area (Å²) in [5.74, 6) is 0.816. The van der Waals surface area contributed by atoms with Gasteiger partial charge in [0.05, 0.1) is 15.9 Å². The number of aromatic nitrogens is 2. The Bertz CT molecular complexity index is 427. The Balaban J connectivity index is 2.11. The van der Waals surface area contributed by atoms with Crippen molar-refractivity contribution in [1.29, 1.82) is 0 Å². The van der Waals surface area contributed by atoms with E-state index in [0.717, 1.165) is 30.7 Å². The third-order valence-corrected chi connectivity index (χ3v) is 5.52. The highest BCUT2D eigenvalue weighted by Gasteiger charge is 2.26. The molecule has 1 heterocycles. The minimum Gasteiger partial charge on any atom is -0.297 e. The predicted octanol–water partition coefficient (Wildman–Crippen LogP) is 3.98. The van der Waals surface area contributed by atoms with Crippen LogP contribution >= 0.6 is 15.9 Å². The van der Waals surface area contributed by atoms with Gasteiger partial charge in [-0.1, -0.05) is 19.8 Å². The van der Waals surface area contributed by atoms with Gasteiger partial charge in [-0.05, 0) is 55.6 Å². The van der Waals surface area contributed by atoms with Gasteiger partial charge in [0, 0.05) is 19.1 Å². The van der Waals surface area contributed by atoms with Crippen molar-refractivity contribution in [3.63, 3.8) is 0 Å². The lowest BCUT2D eigenvalue weighted by Gasteiger charge is -2.36. The average molecular weight is 328 g/mol. The molecule has 3 nitrogen and oxygen atoms in total. The number of hydrogen-bond donors (Lipinski definition) is 0. The van der Waals surface area contributed by atoms with Crippen LogP contribution in [0.4, 0.5) is 0 Å². The van der Waals surface area contributed by atoms with Crippen LogP contribution in [0.1, 0.15) is 50.9 Å². The number of rotatable bonds is 4. The third-order valence-electron chi connectivity index (χ3n) is 4.48. The molecule has 1 saturated carbocycles. The van der Waals surface area contributed by atoms with E-state index < -0.39 is 0 Å². The summed E-state index contributed by atoms with van der Waals surface area (Å²) in [5, 5.41) is 4.59. The van der Waals surface area contributed by atoms with Gasteiger partial charge >= 0.3 is 0 Å². The zero-order chi connectivity index (χ0) is 14.0. The van der Waals surface area contributed by atoms with E-state index in [1.54, 1.807) is 0 Å². The molecule has 108 valence electrons. The maximum absolute atomic E-state index is 4.59. The quantitative estimate of drug-likeness (QED) is 0.833. The van der Waals surface area contributed by atoms with Crippen molar-refractivity contribution in [2.45, 2.75) is 65.6 Å². The van der Waals surface area contributed by atoms with E-state index in [2.05, 4.69) is 58.4 Å². The van der Waals surface area contributed by atoms with Gasteiger partial charge in [0.1, 0.15) is 0 Å². The fourth-order valence-corrected chi connectivity index (χ4v) is 3.73. The van der Waals surface area contributed by atoms with Crippen molar-refractivity contribution < 1.29 is 0 Å². The van der Waals surface area contributed by atoms with Gasteiger partial charge in [-0.2, -0.15) is 5.10 Å². The average Bonchev–Trinajstić information content (AvgIpc) is 2.67. The van der Waals surface area contributed by atoms with Crippen molar-refractivity contribution in [3.8, 4) is 0 Å². The highest BCUT2D eigenvalue weighted by Crippen LogP contribution is 2.30. The number of aryl methyl sites for hydroxylation is 2. The van der Waals surface area contributed by atoms with Crippen LogP contribution in [0.3, 0.4) is 0 Å². The first kappa shape index (κ1) is 15.0. The Hall–Kier alpha value is -0.350. The molecule has 0 spiro atoms. The van der Waals surface area contributed by atoms with Crippen molar-refractivity contribution in [3.05, 3.63) is 15.9 Å². The summed E-state index contributed by atoms with van der Waals surface area (Å²) in [5.41, 5.74) is 2.42. The second-order valence-electron chi connectivity index (χ2n) is 5.91. The second-order valence-corrected chi connectivity index (χ2v) is 6.70. The molecule has 1 aromatic rings. The number of hydrogen-bond acceptors (Lipinski definition) is 2. The highest BCUT2D eigenvalue weighted by atomic mass is 79.9. The first-order valence-electron chi connectivity index (χ1n) is 7.46. The van der Waals surface area contributed by atoms with E-state index in [0.29, 0.717) is 0 Å². The first-order chi connectivity index (χ1) is 9.04. The molecule has 0 aromatic carbocycles. The molecule has 0 amide bonds. The summed E-state index contributed by atoms with van der Waals surface area (Å²) in [7, 11) is 2.27. The Morgan fingerprint density at radius 1 is 1.37 bits per heavy atom. The van der Waals surface area contributed by atoms with Crippen molar-refractivity contribution >= 4 is 15.9 Å². The molecule has 4 heteroatoms. The molecule has 0 N–H and O–H groups in total. The fourth-order valence-electron chi connectivity index (χ4n) is 3.33. The van der Waals surface area contributed by atoms with Crippen LogP contribution in [-0.2, 0) is 13.1 Å². The first-order valence-corrected chi connectivity index (χ1v) is 8.25. The fraction of sp³-hybridized carbons (Fsp3) is 0.800. The third kappa shape index (κ3) is 3.22. The minimum absolute atomic E-state index is 0.723. The van der Waals surface area contributed by atoms with E-state index in [1.807, 2.05) is 0 Å². The summed E-state index contributed by atoms with van der Waals surface area (Å²) in [6.45, 7) is 8.56. The van der Waals surface area contributed by atoms with E-state index in [-0.39, 0.29) is 0 Å². The van der Waals surface area contributed by atoms with E-state index in [1.165, 1.54) is 35.8 Å². The van der Waals surface area contributed by atoms with Crippen molar-refractivity contribution in [1.82, 2.24) is 14.7 Å². The van der Waals surface area contributed by atoms with Gasteiger partial charge < -0.3 is 0 Å². The molecule has 0 bridgehead atoms. The number of halogens is 1. The summed E-state index contributed by atoms with van der Waals surface area (Å²) in [6, 6.07) is 0.723. The van der Waals surface area contributed by atoms with E-state index in [4.69, 9.17) is 0 Å². The highest BCUT2D eigenvalue weighted by molar-refractivity contribution is 9.10. The monoisotopic (exact) mass is 327 g/mol. The SMILES string of the molecule is CCn1nc(C)c(Br)c1CN(C)C1CCCCC1C. The summed E-state index contributed by atoms with van der Waals surface area (Å²) in [4.78, 5) is 2.52. The van der Waals surface area contributed by atoms with Gasteiger partial charge in [-0.3, -0.25) is 9.58 Å². The van der Waals surface area contributed by atoms with Crippen LogP contribution in [0.5, 0.6) is 0 Å². The number of nitrogens with zero attached hydrogens (tertiary/aromatic N) is 3. The smallest absolute Gasteiger partial charge is 0.0739 e. The molecule has 0 aliphatic heterocycles. The van der Waals surface area contributed by atoms with Crippen LogP contribution in [0.15, 0.2) is 4.47 Å². The summed E-state index contributed by atoms with van der Waals surface area (Å²) >= 11 is 3.70. The normalized spacial score (nSPS) is 24.1. The molecular weight excluding hydrogens is 302 g/mol. The minimum atomic E-state index is 0.723. The van der Waals surface area contributed by atoms with E-state index >= 15 is 0 Å². The lowest BCUT2D eigenvalue weighted by atomic mass is 9.85. The van der Waals surface area contributed by atoms with E-state index in [9.17, 15) is 0 Å². The molecule has 0 saturated heterocycles. The second kappa shape index (κ2) is 6.40. The van der Waals surface area contributed by atoms with Crippen molar-refractivity contribution in [2.24, 2.45) is 5.92 Å². The van der Waals surface area contributed by atoms with Gasteiger partial charge in [0.15, 0.2) is 0 Å². The molecular formula is C15H26BrN3. The largest absolute Gasteiger partial charge is 0.297 e. The zero-order valence-electron chi connectivity index (χ0n) is 12.6. The molecule has 2 unspecified atom stereocenters. The van der Waals surface area contributed by atoms with Crippen LogP contribution in [0.25, 0.3) is 0 Å². The van der Waals surface area contributed by atoms with Crippen LogP contribution in [0, 0.1) is 12.8 Å². The summed E-state index contributed by atoms with van der Waals surface area (Å²) < 4.78 is 3.31. The molecule has 1 aromatic heterocycles. The maximum atomic E-state index is 4.59. The van der Waals surface area contributed by atoms with Crippen LogP contribution < -0.4 is 0 Å².